The predicted molar refractivity (Wildman–Crippen MR) is 121 cm³/mol. The Morgan fingerprint density at radius 2 is 1.87 bits per heavy atom. The lowest BCUT2D eigenvalue weighted by Crippen LogP contribution is -2.54. The highest BCUT2D eigenvalue weighted by atomic mass is 32.2. The molecule has 0 amide bonds. The number of carbonyl (C=O) groups excluding carboxylic acids is 1. The van der Waals surface area contributed by atoms with Crippen molar-refractivity contribution in [2.75, 3.05) is 5.75 Å². The molecule has 4 fully saturated rings. The van der Waals surface area contributed by atoms with Crippen molar-refractivity contribution >= 4 is 17.5 Å². The fourth-order valence-electron chi connectivity index (χ4n) is 8.44. The number of nitrogens with zero attached hydrogens (tertiary/aromatic N) is 1. The van der Waals surface area contributed by atoms with Gasteiger partial charge in [0.15, 0.2) is 0 Å². The highest BCUT2D eigenvalue weighted by molar-refractivity contribution is 7.99. The van der Waals surface area contributed by atoms with Crippen LogP contribution in [0.4, 0.5) is 0 Å². The van der Waals surface area contributed by atoms with Gasteiger partial charge in [0, 0.05) is 12.1 Å². The molecule has 4 aliphatic carbocycles. The van der Waals surface area contributed by atoms with Crippen LogP contribution < -0.4 is 0 Å². The van der Waals surface area contributed by atoms with Gasteiger partial charge >= 0.3 is 0 Å². The Kier molecular flexibility index (Phi) is 5.54. The van der Waals surface area contributed by atoms with Crippen molar-refractivity contribution in [2.45, 2.75) is 82.8 Å². The van der Waals surface area contributed by atoms with Gasteiger partial charge in [0.2, 0.25) is 0 Å². The van der Waals surface area contributed by atoms with Gasteiger partial charge in [-0.3, -0.25) is 4.79 Å². The van der Waals surface area contributed by atoms with Gasteiger partial charge in [-0.1, -0.05) is 31.7 Å². The van der Waals surface area contributed by atoms with E-state index in [-0.39, 0.29) is 17.4 Å². The number of carbonyl (C=O) groups is 1. The number of hydrogen-bond acceptors (Lipinski definition) is 4. The van der Waals surface area contributed by atoms with Crippen LogP contribution in [-0.4, -0.2) is 27.7 Å². The third-order valence-electron chi connectivity index (χ3n) is 10.0. The van der Waals surface area contributed by atoms with E-state index in [2.05, 4.69) is 18.8 Å². The average molecular weight is 428 g/mol. The fourth-order valence-corrected chi connectivity index (χ4v) is 9.24. The van der Waals surface area contributed by atoms with Crippen LogP contribution in [-0.2, 0) is 4.79 Å². The summed E-state index contributed by atoms with van der Waals surface area (Å²) < 4.78 is 0. The molecule has 8 atom stereocenters. The first-order valence-corrected chi connectivity index (χ1v) is 13.1. The molecule has 0 spiro atoms. The SMILES string of the molecule is C[C@]12CC[C@@H](O)C[C@H]1CC[C@@H]1[C@@H]2CC[C@]2(C)[C@@H](C(=O)CSc3ccccn3)CC[C@@H]12. The summed E-state index contributed by atoms with van der Waals surface area (Å²) in [4.78, 5) is 17.7. The van der Waals surface area contributed by atoms with Gasteiger partial charge in [-0.15, -0.1) is 0 Å². The smallest absolute Gasteiger partial charge is 0.146 e. The van der Waals surface area contributed by atoms with Crippen LogP contribution in [0.2, 0.25) is 0 Å². The van der Waals surface area contributed by atoms with E-state index in [0.29, 0.717) is 22.9 Å². The number of aliphatic hydroxyl groups is 1. The molecule has 0 saturated heterocycles. The van der Waals surface area contributed by atoms with E-state index >= 15 is 0 Å². The summed E-state index contributed by atoms with van der Waals surface area (Å²) in [6.07, 6.45) is 12.4. The zero-order valence-corrected chi connectivity index (χ0v) is 19.4. The van der Waals surface area contributed by atoms with Gasteiger partial charge < -0.3 is 5.11 Å². The van der Waals surface area contributed by atoms with Gasteiger partial charge in [0.1, 0.15) is 5.78 Å². The van der Waals surface area contributed by atoms with Crippen molar-refractivity contribution in [3.63, 3.8) is 0 Å². The largest absolute Gasteiger partial charge is 0.393 e. The summed E-state index contributed by atoms with van der Waals surface area (Å²) >= 11 is 1.61. The van der Waals surface area contributed by atoms with Gasteiger partial charge in [0.05, 0.1) is 16.9 Å². The molecule has 3 nitrogen and oxygen atoms in total. The maximum absolute atomic E-state index is 13.3. The lowest BCUT2D eigenvalue weighted by atomic mass is 9.44. The Balaban J connectivity index is 1.30. The number of rotatable bonds is 4. The van der Waals surface area contributed by atoms with E-state index in [1.807, 2.05) is 24.4 Å². The van der Waals surface area contributed by atoms with Crippen LogP contribution in [0.15, 0.2) is 29.4 Å². The molecule has 0 aromatic carbocycles. The van der Waals surface area contributed by atoms with Crippen molar-refractivity contribution in [1.82, 2.24) is 4.98 Å². The molecule has 164 valence electrons. The number of thioether (sulfide) groups is 1. The molecule has 1 N–H and O–H groups in total. The molecule has 1 aromatic heterocycles. The summed E-state index contributed by atoms with van der Waals surface area (Å²) in [5.41, 5.74) is 0.612. The lowest BCUT2D eigenvalue weighted by molar-refractivity contribution is -0.138. The Hall–Kier alpha value is -0.870. The summed E-state index contributed by atoms with van der Waals surface area (Å²) in [6.45, 7) is 5.00. The molecule has 0 aliphatic heterocycles. The standard InChI is InChI=1S/C26H37NO2S/c1-25-12-10-18(28)15-17(25)6-7-19-20-8-9-22(26(20,2)13-11-21(19)25)23(29)16-30-24-5-3-4-14-27-24/h3-5,14,17-22,28H,6-13,15-16H2,1-2H3/t17-,18-,19+,20+,21+,22-,25+,26+/m1/s1. The highest BCUT2D eigenvalue weighted by Crippen LogP contribution is 2.67. The van der Waals surface area contributed by atoms with Crippen molar-refractivity contribution in [1.29, 1.82) is 0 Å². The Morgan fingerprint density at radius 1 is 1.07 bits per heavy atom. The van der Waals surface area contributed by atoms with Crippen LogP contribution in [0.25, 0.3) is 0 Å². The monoisotopic (exact) mass is 427 g/mol. The van der Waals surface area contributed by atoms with Gasteiger partial charge in [0.25, 0.3) is 0 Å². The van der Waals surface area contributed by atoms with Crippen molar-refractivity contribution in [3.05, 3.63) is 24.4 Å². The number of aliphatic hydroxyl groups excluding tert-OH is 1. The summed E-state index contributed by atoms with van der Waals surface area (Å²) in [5, 5.41) is 11.2. The second-order valence-corrected chi connectivity index (χ2v) is 12.2. The van der Waals surface area contributed by atoms with Gasteiger partial charge in [-0.2, -0.15) is 0 Å². The third-order valence-corrected chi connectivity index (χ3v) is 11.0. The van der Waals surface area contributed by atoms with Crippen molar-refractivity contribution in [2.24, 2.45) is 40.4 Å². The second-order valence-electron chi connectivity index (χ2n) is 11.2. The molecule has 4 heteroatoms. The van der Waals surface area contributed by atoms with E-state index < -0.39 is 0 Å². The third kappa shape index (κ3) is 3.37. The Labute approximate surface area is 185 Å². The molecule has 1 heterocycles. The first kappa shape index (κ1) is 21.0. The normalized spacial score (nSPS) is 45.3. The van der Waals surface area contributed by atoms with Crippen LogP contribution in [0.5, 0.6) is 0 Å². The van der Waals surface area contributed by atoms with E-state index in [0.717, 1.165) is 42.0 Å². The number of fused-ring (bicyclic) bond motifs is 5. The minimum atomic E-state index is -0.0708. The quantitative estimate of drug-likeness (QED) is 0.620. The van der Waals surface area contributed by atoms with E-state index in [9.17, 15) is 9.90 Å². The number of aromatic nitrogens is 1. The fraction of sp³-hybridized carbons (Fsp3) is 0.769. The van der Waals surface area contributed by atoms with E-state index in [4.69, 9.17) is 0 Å². The molecule has 5 rings (SSSR count). The number of hydrogen-bond donors (Lipinski definition) is 1. The molecule has 4 saturated carbocycles. The molecule has 4 aliphatic rings. The minimum absolute atomic E-state index is 0.0708. The van der Waals surface area contributed by atoms with Crippen LogP contribution in [0.1, 0.15) is 71.6 Å². The number of Topliss-reactive ketones (excluding diaryl/α,β-unsaturated/α-hetero) is 1. The van der Waals surface area contributed by atoms with Crippen molar-refractivity contribution < 1.29 is 9.90 Å². The zero-order valence-electron chi connectivity index (χ0n) is 18.6. The lowest BCUT2D eigenvalue weighted by Gasteiger charge is -2.60. The van der Waals surface area contributed by atoms with E-state index in [1.54, 1.807) is 11.8 Å². The van der Waals surface area contributed by atoms with Crippen LogP contribution in [0, 0.1) is 40.4 Å². The molecular formula is C26H37NO2S. The second kappa shape index (κ2) is 7.92. The van der Waals surface area contributed by atoms with Crippen LogP contribution >= 0.6 is 11.8 Å². The summed E-state index contributed by atoms with van der Waals surface area (Å²) in [5.74, 6) is 4.28. The molecule has 0 radical (unpaired) electrons. The molecule has 0 unspecified atom stereocenters. The molecule has 0 bridgehead atoms. The maximum Gasteiger partial charge on any atom is 0.146 e. The molecule has 1 aromatic rings. The Morgan fingerprint density at radius 3 is 2.67 bits per heavy atom. The first-order valence-electron chi connectivity index (χ1n) is 12.2. The maximum atomic E-state index is 13.3. The van der Waals surface area contributed by atoms with E-state index in [1.165, 1.54) is 38.5 Å². The Bertz CT molecular complexity index is 784. The molecule has 30 heavy (non-hydrogen) atoms. The average Bonchev–Trinajstić information content (AvgIpc) is 3.10. The van der Waals surface area contributed by atoms with Gasteiger partial charge in [-0.25, -0.2) is 4.98 Å². The zero-order chi connectivity index (χ0) is 20.9. The summed E-state index contributed by atoms with van der Waals surface area (Å²) in [7, 11) is 0. The summed E-state index contributed by atoms with van der Waals surface area (Å²) in [6, 6.07) is 5.92. The first-order chi connectivity index (χ1) is 14.4. The van der Waals surface area contributed by atoms with Crippen LogP contribution in [0.3, 0.4) is 0 Å². The number of ketones is 1. The highest BCUT2D eigenvalue weighted by Gasteiger charge is 2.61. The molecular weight excluding hydrogens is 390 g/mol. The predicted octanol–water partition coefficient (Wildman–Crippen LogP) is 5.76. The number of pyridine rings is 1. The topological polar surface area (TPSA) is 50.2 Å². The minimum Gasteiger partial charge on any atom is -0.393 e. The van der Waals surface area contributed by atoms with Gasteiger partial charge in [-0.05, 0) is 104 Å². The van der Waals surface area contributed by atoms with Crippen molar-refractivity contribution in [3.8, 4) is 0 Å².